The highest BCUT2D eigenvalue weighted by atomic mass is 16.2. The monoisotopic (exact) mass is 200 g/mol. The third-order valence-corrected chi connectivity index (χ3v) is 2.33. The van der Waals surface area contributed by atoms with Gasteiger partial charge in [-0.25, -0.2) is 4.79 Å². The second kappa shape index (κ2) is 4.92. The highest BCUT2D eigenvalue weighted by molar-refractivity contribution is 5.96. The van der Waals surface area contributed by atoms with Crippen LogP contribution in [0.4, 0.5) is 4.79 Å². The second-order valence-corrected chi connectivity index (χ2v) is 3.32. The van der Waals surface area contributed by atoms with Crippen LogP contribution in [0.5, 0.6) is 0 Å². The molecule has 1 saturated heterocycles. The van der Waals surface area contributed by atoms with E-state index in [1.807, 2.05) is 4.90 Å². The average Bonchev–Trinajstić information content (AvgIpc) is 2.17. The van der Waals surface area contributed by atoms with Gasteiger partial charge in [-0.05, 0) is 6.92 Å². The summed E-state index contributed by atoms with van der Waals surface area (Å²) in [5.74, 6) is -0.334. The van der Waals surface area contributed by atoms with Gasteiger partial charge in [0.25, 0.3) is 0 Å². The molecule has 0 bridgehead atoms. The molecule has 1 aliphatic heterocycles. The molecule has 0 aromatic rings. The first-order valence-corrected chi connectivity index (χ1v) is 4.66. The summed E-state index contributed by atoms with van der Waals surface area (Å²) in [7, 11) is 0. The van der Waals surface area contributed by atoms with E-state index < -0.39 is 6.03 Å². The van der Waals surface area contributed by atoms with Crippen molar-refractivity contribution < 1.29 is 9.59 Å². The van der Waals surface area contributed by atoms with Crippen molar-refractivity contribution in [1.82, 2.24) is 15.5 Å². The Labute approximate surface area is 82.8 Å². The molecule has 1 unspecified atom stereocenters. The zero-order valence-corrected chi connectivity index (χ0v) is 8.25. The van der Waals surface area contributed by atoms with E-state index in [4.69, 9.17) is 5.73 Å². The van der Waals surface area contributed by atoms with E-state index in [9.17, 15) is 9.59 Å². The summed E-state index contributed by atoms with van der Waals surface area (Å²) in [4.78, 5) is 23.8. The number of nitrogens with one attached hydrogen (secondary N) is 2. The fourth-order valence-corrected chi connectivity index (χ4v) is 1.46. The van der Waals surface area contributed by atoms with Crippen LogP contribution in [0.15, 0.2) is 0 Å². The van der Waals surface area contributed by atoms with Crippen LogP contribution in [-0.2, 0) is 4.79 Å². The van der Waals surface area contributed by atoms with Gasteiger partial charge in [-0.15, -0.1) is 0 Å². The maximum atomic E-state index is 11.4. The molecule has 1 heterocycles. The first-order chi connectivity index (χ1) is 6.61. The van der Waals surface area contributed by atoms with E-state index in [0.717, 1.165) is 26.2 Å². The molecule has 6 heteroatoms. The summed E-state index contributed by atoms with van der Waals surface area (Å²) in [6, 6.07) is -1.10. The lowest BCUT2D eigenvalue weighted by atomic mass is 10.2. The van der Waals surface area contributed by atoms with E-state index in [1.54, 1.807) is 6.92 Å². The number of nitrogens with two attached hydrogens (primary N) is 1. The summed E-state index contributed by atoms with van der Waals surface area (Å²) in [6.07, 6.45) is 0. The van der Waals surface area contributed by atoms with Crippen molar-refractivity contribution in [3.63, 3.8) is 0 Å². The Morgan fingerprint density at radius 1 is 1.43 bits per heavy atom. The predicted molar refractivity (Wildman–Crippen MR) is 51.6 cm³/mol. The summed E-state index contributed by atoms with van der Waals surface area (Å²) >= 11 is 0. The predicted octanol–water partition coefficient (Wildman–Crippen LogP) is -1.52. The van der Waals surface area contributed by atoms with E-state index in [2.05, 4.69) is 10.6 Å². The molecule has 1 rings (SSSR count). The SMILES string of the molecule is CC(C(=O)NC(N)=O)N1CCNCC1. The van der Waals surface area contributed by atoms with Crippen molar-refractivity contribution in [1.29, 1.82) is 0 Å². The van der Waals surface area contributed by atoms with Crippen LogP contribution in [0.25, 0.3) is 0 Å². The van der Waals surface area contributed by atoms with Crippen molar-refractivity contribution in [2.45, 2.75) is 13.0 Å². The Kier molecular flexibility index (Phi) is 3.84. The number of primary amides is 1. The number of hydrogen-bond donors (Lipinski definition) is 3. The molecule has 80 valence electrons. The molecule has 4 N–H and O–H groups in total. The third kappa shape index (κ3) is 2.97. The summed E-state index contributed by atoms with van der Waals surface area (Å²) in [5.41, 5.74) is 4.86. The number of rotatable bonds is 2. The zero-order chi connectivity index (χ0) is 10.6. The van der Waals surface area contributed by atoms with E-state index >= 15 is 0 Å². The third-order valence-electron chi connectivity index (χ3n) is 2.33. The second-order valence-electron chi connectivity index (χ2n) is 3.32. The van der Waals surface area contributed by atoms with Gasteiger partial charge in [0, 0.05) is 26.2 Å². The standard InChI is InChI=1S/C8H16N4O2/c1-6(7(13)11-8(9)14)12-4-2-10-3-5-12/h6,10H,2-5H2,1H3,(H3,9,11,13,14). The highest BCUT2D eigenvalue weighted by Gasteiger charge is 2.23. The van der Waals surface area contributed by atoms with Crippen molar-refractivity contribution >= 4 is 11.9 Å². The van der Waals surface area contributed by atoms with E-state index in [1.165, 1.54) is 0 Å². The van der Waals surface area contributed by atoms with Crippen LogP contribution >= 0.6 is 0 Å². The number of hydrogen-bond acceptors (Lipinski definition) is 4. The van der Waals surface area contributed by atoms with Crippen LogP contribution in [0, 0.1) is 0 Å². The van der Waals surface area contributed by atoms with Crippen molar-refractivity contribution in [2.75, 3.05) is 26.2 Å². The summed E-state index contributed by atoms with van der Waals surface area (Å²) in [6.45, 7) is 5.13. The number of amides is 3. The normalized spacial score (nSPS) is 20.1. The molecule has 0 saturated carbocycles. The van der Waals surface area contributed by atoms with E-state index in [-0.39, 0.29) is 11.9 Å². The lowest BCUT2D eigenvalue weighted by Gasteiger charge is -2.31. The molecule has 0 radical (unpaired) electrons. The zero-order valence-electron chi connectivity index (χ0n) is 8.25. The summed E-state index contributed by atoms with van der Waals surface area (Å²) in [5, 5.41) is 5.26. The van der Waals surface area contributed by atoms with Gasteiger partial charge in [0.05, 0.1) is 6.04 Å². The van der Waals surface area contributed by atoms with Gasteiger partial charge in [-0.3, -0.25) is 15.0 Å². The van der Waals surface area contributed by atoms with Crippen LogP contribution in [-0.4, -0.2) is 49.1 Å². The van der Waals surface area contributed by atoms with Gasteiger partial charge in [0.1, 0.15) is 0 Å². The van der Waals surface area contributed by atoms with Gasteiger partial charge in [0.2, 0.25) is 5.91 Å². The molecule has 0 aliphatic carbocycles. The Balaban J connectivity index is 2.41. The van der Waals surface area contributed by atoms with Crippen molar-refractivity contribution in [2.24, 2.45) is 5.73 Å². The van der Waals surface area contributed by atoms with Crippen LogP contribution in [0.2, 0.25) is 0 Å². The number of carbonyl (C=O) groups is 2. The van der Waals surface area contributed by atoms with E-state index in [0.29, 0.717) is 0 Å². The maximum Gasteiger partial charge on any atom is 0.318 e. The number of carbonyl (C=O) groups excluding carboxylic acids is 2. The Morgan fingerprint density at radius 3 is 2.50 bits per heavy atom. The molecule has 1 atom stereocenters. The fourth-order valence-electron chi connectivity index (χ4n) is 1.46. The largest absolute Gasteiger partial charge is 0.351 e. The first kappa shape index (κ1) is 10.9. The Morgan fingerprint density at radius 2 is 2.00 bits per heavy atom. The molecule has 1 aliphatic rings. The lowest BCUT2D eigenvalue weighted by Crippen LogP contribution is -2.54. The fraction of sp³-hybridized carbons (Fsp3) is 0.750. The Bertz CT molecular complexity index is 225. The number of imide groups is 1. The smallest absolute Gasteiger partial charge is 0.318 e. The van der Waals surface area contributed by atoms with Gasteiger partial charge in [-0.1, -0.05) is 0 Å². The first-order valence-electron chi connectivity index (χ1n) is 4.66. The molecule has 0 aromatic carbocycles. The number of urea groups is 1. The molecule has 3 amide bonds. The van der Waals surface area contributed by atoms with Gasteiger partial charge in [-0.2, -0.15) is 0 Å². The average molecular weight is 200 g/mol. The summed E-state index contributed by atoms with van der Waals surface area (Å²) < 4.78 is 0. The van der Waals surface area contributed by atoms with Crippen LogP contribution < -0.4 is 16.4 Å². The number of nitrogens with zero attached hydrogens (tertiary/aromatic N) is 1. The molecule has 6 nitrogen and oxygen atoms in total. The lowest BCUT2D eigenvalue weighted by molar-refractivity contribution is -0.124. The molecule has 14 heavy (non-hydrogen) atoms. The molecule has 1 fully saturated rings. The maximum absolute atomic E-state index is 11.4. The molecule has 0 aromatic heterocycles. The highest BCUT2D eigenvalue weighted by Crippen LogP contribution is 2.00. The molecular formula is C8H16N4O2. The minimum atomic E-state index is -0.794. The van der Waals surface area contributed by atoms with Crippen molar-refractivity contribution in [3.05, 3.63) is 0 Å². The molecule has 0 spiro atoms. The minimum Gasteiger partial charge on any atom is -0.351 e. The van der Waals surface area contributed by atoms with Crippen LogP contribution in [0.1, 0.15) is 6.92 Å². The quantitative estimate of drug-likeness (QED) is 0.505. The van der Waals surface area contributed by atoms with Crippen molar-refractivity contribution in [3.8, 4) is 0 Å². The topological polar surface area (TPSA) is 87.5 Å². The van der Waals surface area contributed by atoms with Crippen LogP contribution in [0.3, 0.4) is 0 Å². The number of piperazine rings is 1. The van der Waals surface area contributed by atoms with Gasteiger partial charge < -0.3 is 11.1 Å². The minimum absolute atomic E-state index is 0.301. The molecular weight excluding hydrogens is 184 g/mol. The Hall–Kier alpha value is -1.14. The van der Waals surface area contributed by atoms with Gasteiger partial charge in [0.15, 0.2) is 0 Å². The van der Waals surface area contributed by atoms with Gasteiger partial charge >= 0.3 is 6.03 Å².